The van der Waals surface area contributed by atoms with Gasteiger partial charge in [-0.15, -0.1) is 0 Å². The predicted octanol–water partition coefficient (Wildman–Crippen LogP) is 1.18. The first-order valence-corrected chi connectivity index (χ1v) is 7.68. The summed E-state index contributed by atoms with van der Waals surface area (Å²) in [6.45, 7) is 9.27. The van der Waals surface area contributed by atoms with Crippen molar-refractivity contribution in [3.63, 3.8) is 0 Å². The quantitative estimate of drug-likeness (QED) is 0.620. The average molecular weight is 174 g/mol. The summed E-state index contributed by atoms with van der Waals surface area (Å²) in [5.41, 5.74) is 0. The third-order valence-corrected chi connectivity index (χ3v) is 2.35. The normalized spacial score (nSPS) is 10.9. The Labute approximate surface area is 69.6 Å². The molecule has 0 aliphatic rings. The van der Waals surface area contributed by atoms with Crippen LogP contribution in [0.5, 0.6) is 0 Å². The van der Waals surface area contributed by atoms with E-state index in [1.807, 2.05) is 6.92 Å². The van der Waals surface area contributed by atoms with Crippen molar-refractivity contribution < 1.29 is 4.79 Å². The molecular formula is C7H18N2OSi. The molecule has 66 valence electrons. The minimum Gasteiger partial charge on any atom is -0.341 e. The van der Waals surface area contributed by atoms with E-state index in [0.29, 0.717) is 6.54 Å². The molecule has 0 bridgehead atoms. The fourth-order valence-corrected chi connectivity index (χ4v) is 1.26. The molecule has 0 atom stereocenters. The molecule has 4 heteroatoms. The SMILES string of the molecule is CCNC(=O)NC[Si](C)(C)C. The molecule has 0 saturated heterocycles. The Balaban J connectivity index is 3.46. The molecule has 0 heterocycles. The monoisotopic (exact) mass is 174 g/mol. The zero-order valence-electron chi connectivity index (χ0n) is 7.82. The van der Waals surface area contributed by atoms with Crippen LogP contribution in [0, 0.1) is 0 Å². The maximum Gasteiger partial charge on any atom is 0.314 e. The molecule has 0 radical (unpaired) electrons. The zero-order valence-corrected chi connectivity index (χ0v) is 8.82. The van der Waals surface area contributed by atoms with Crippen molar-refractivity contribution in [1.29, 1.82) is 0 Å². The molecule has 0 spiro atoms. The van der Waals surface area contributed by atoms with E-state index < -0.39 is 8.07 Å². The van der Waals surface area contributed by atoms with Gasteiger partial charge in [0.15, 0.2) is 0 Å². The Morgan fingerprint density at radius 1 is 1.27 bits per heavy atom. The molecule has 11 heavy (non-hydrogen) atoms. The molecule has 2 N–H and O–H groups in total. The molecule has 3 nitrogen and oxygen atoms in total. The average Bonchev–Trinajstić information content (AvgIpc) is 1.83. The van der Waals surface area contributed by atoms with E-state index >= 15 is 0 Å². The van der Waals surface area contributed by atoms with Crippen LogP contribution in [-0.4, -0.2) is 26.8 Å². The fourth-order valence-electron chi connectivity index (χ4n) is 0.569. The van der Waals surface area contributed by atoms with Gasteiger partial charge in [0.25, 0.3) is 0 Å². The highest BCUT2D eigenvalue weighted by Crippen LogP contribution is 1.96. The molecule has 0 aliphatic carbocycles. The van der Waals surface area contributed by atoms with Gasteiger partial charge in [0.05, 0.1) is 8.07 Å². The number of amides is 2. The molecule has 0 unspecified atom stereocenters. The standard InChI is InChI=1S/C7H18N2OSi/c1-5-8-7(10)9-6-11(2,3)4/h5-6H2,1-4H3,(H2,8,9,10). The Bertz CT molecular complexity index is 131. The van der Waals surface area contributed by atoms with Crippen molar-refractivity contribution in [2.24, 2.45) is 0 Å². The van der Waals surface area contributed by atoms with Gasteiger partial charge >= 0.3 is 6.03 Å². The summed E-state index contributed by atoms with van der Waals surface area (Å²) in [6, 6.07) is -0.0464. The van der Waals surface area contributed by atoms with Gasteiger partial charge in [-0.05, 0) is 6.92 Å². The number of carbonyl (C=O) groups is 1. The van der Waals surface area contributed by atoms with Gasteiger partial charge in [-0.3, -0.25) is 0 Å². The van der Waals surface area contributed by atoms with E-state index in [2.05, 4.69) is 30.3 Å². The minimum absolute atomic E-state index is 0.0464. The highest BCUT2D eigenvalue weighted by Gasteiger charge is 2.13. The third-order valence-electron chi connectivity index (χ3n) is 1.12. The summed E-state index contributed by atoms with van der Waals surface area (Å²) in [6.07, 6.45) is 0.846. The first-order valence-electron chi connectivity index (χ1n) is 3.97. The van der Waals surface area contributed by atoms with E-state index in [-0.39, 0.29) is 6.03 Å². The van der Waals surface area contributed by atoms with Gasteiger partial charge in [-0.2, -0.15) is 0 Å². The molecule has 0 rings (SSSR count). The second-order valence-electron chi connectivity index (χ2n) is 3.77. The summed E-state index contributed by atoms with van der Waals surface area (Å²) >= 11 is 0. The van der Waals surface area contributed by atoms with E-state index in [1.54, 1.807) is 0 Å². The summed E-state index contributed by atoms with van der Waals surface area (Å²) in [7, 11) is -1.12. The van der Waals surface area contributed by atoms with E-state index in [9.17, 15) is 4.79 Å². The second kappa shape index (κ2) is 4.38. The number of carbonyl (C=O) groups excluding carboxylic acids is 1. The predicted molar refractivity (Wildman–Crippen MR) is 50.4 cm³/mol. The molecule has 0 aromatic rings. The maximum atomic E-state index is 10.9. The zero-order chi connectivity index (χ0) is 8.91. The Kier molecular flexibility index (Phi) is 4.18. The van der Waals surface area contributed by atoms with Crippen molar-refractivity contribution in [3.8, 4) is 0 Å². The molecule has 0 aliphatic heterocycles. The Morgan fingerprint density at radius 2 is 1.82 bits per heavy atom. The molecule has 2 amide bonds. The molecular weight excluding hydrogens is 156 g/mol. The van der Waals surface area contributed by atoms with Crippen LogP contribution >= 0.6 is 0 Å². The highest BCUT2D eigenvalue weighted by atomic mass is 28.3. The number of rotatable bonds is 3. The molecule has 0 fully saturated rings. The first-order chi connectivity index (χ1) is 4.95. The van der Waals surface area contributed by atoms with Crippen molar-refractivity contribution in [1.82, 2.24) is 10.6 Å². The Morgan fingerprint density at radius 3 is 2.18 bits per heavy atom. The van der Waals surface area contributed by atoms with Crippen LogP contribution in [0.3, 0.4) is 0 Å². The molecule has 0 aromatic heterocycles. The van der Waals surface area contributed by atoms with Gasteiger partial charge in [0.2, 0.25) is 0 Å². The maximum absolute atomic E-state index is 10.9. The molecule has 0 aromatic carbocycles. The summed E-state index contributed by atoms with van der Waals surface area (Å²) < 4.78 is 0. The summed E-state index contributed by atoms with van der Waals surface area (Å²) in [5.74, 6) is 0. The van der Waals surface area contributed by atoms with Crippen LogP contribution in [0.1, 0.15) is 6.92 Å². The van der Waals surface area contributed by atoms with Gasteiger partial charge < -0.3 is 10.6 Å². The van der Waals surface area contributed by atoms with E-state index in [1.165, 1.54) is 0 Å². The van der Waals surface area contributed by atoms with Crippen LogP contribution in [0.25, 0.3) is 0 Å². The van der Waals surface area contributed by atoms with Gasteiger partial charge in [-0.25, -0.2) is 4.79 Å². The van der Waals surface area contributed by atoms with Crippen LogP contribution in [0.4, 0.5) is 4.79 Å². The van der Waals surface area contributed by atoms with Gasteiger partial charge in [0.1, 0.15) is 0 Å². The lowest BCUT2D eigenvalue weighted by molar-refractivity contribution is 0.242. The number of urea groups is 1. The largest absolute Gasteiger partial charge is 0.341 e. The lowest BCUT2D eigenvalue weighted by Crippen LogP contribution is -2.44. The lowest BCUT2D eigenvalue weighted by Gasteiger charge is -2.16. The molecule has 0 saturated carbocycles. The minimum atomic E-state index is -1.12. The summed E-state index contributed by atoms with van der Waals surface area (Å²) in [5, 5.41) is 5.53. The van der Waals surface area contributed by atoms with Crippen LogP contribution in [0.2, 0.25) is 19.6 Å². The number of nitrogens with one attached hydrogen (secondary N) is 2. The van der Waals surface area contributed by atoms with E-state index in [4.69, 9.17) is 0 Å². The van der Waals surface area contributed by atoms with Crippen molar-refractivity contribution in [2.75, 3.05) is 12.7 Å². The van der Waals surface area contributed by atoms with E-state index in [0.717, 1.165) is 6.17 Å². The third kappa shape index (κ3) is 7.38. The summed E-state index contributed by atoms with van der Waals surface area (Å²) in [4.78, 5) is 10.9. The van der Waals surface area contributed by atoms with Crippen LogP contribution in [0.15, 0.2) is 0 Å². The second-order valence-corrected chi connectivity index (χ2v) is 9.25. The fraction of sp³-hybridized carbons (Fsp3) is 0.857. The van der Waals surface area contributed by atoms with Crippen molar-refractivity contribution in [2.45, 2.75) is 26.6 Å². The van der Waals surface area contributed by atoms with Gasteiger partial charge in [0, 0.05) is 12.7 Å². The lowest BCUT2D eigenvalue weighted by atomic mass is 10.7. The Hall–Kier alpha value is -0.513. The first kappa shape index (κ1) is 10.5. The number of hydrogen-bond donors (Lipinski definition) is 2. The highest BCUT2D eigenvalue weighted by molar-refractivity contribution is 6.76. The van der Waals surface area contributed by atoms with Crippen molar-refractivity contribution >= 4 is 14.1 Å². The number of hydrogen-bond acceptors (Lipinski definition) is 1. The topological polar surface area (TPSA) is 41.1 Å². The van der Waals surface area contributed by atoms with Crippen molar-refractivity contribution in [3.05, 3.63) is 0 Å². The van der Waals surface area contributed by atoms with Gasteiger partial charge in [-0.1, -0.05) is 19.6 Å². The van der Waals surface area contributed by atoms with Crippen LogP contribution < -0.4 is 10.6 Å². The van der Waals surface area contributed by atoms with Crippen LogP contribution in [-0.2, 0) is 0 Å². The smallest absolute Gasteiger partial charge is 0.314 e.